The summed E-state index contributed by atoms with van der Waals surface area (Å²) in [6.45, 7) is 10.8. The average molecular weight is 387 g/mol. The number of aliphatic carboxylic acids is 1. The second kappa shape index (κ2) is 6.87. The van der Waals surface area contributed by atoms with Crippen molar-refractivity contribution in [3.63, 3.8) is 0 Å². The van der Waals surface area contributed by atoms with Crippen molar-refractivity contribution in [2.24, 2.45) is 0 Å². The minimum atomic E-state index is -2.00. The highest BCUT2D eigenvalue weighted by atomic mass is 79.9. The molecule has 1 N–H and O–H groups in total. The molecule has 0 amide bonds. The minimum absolute atomic E-state index is 0.0688. The Kier molecular flexibility index (Phi) is 5.87. The summed E-state index contributed by atoms with van der Waals surface area (Å²) in [6, 6.07) is 3.59. The Morgan fingerprint density at radius 3 is 2.36 bits per heavy atom. The van der Waals surface area contributed by atoms with Gasteiger partial charge in [0.1, 0.15) is 0 Å². The first-order valence-corrected chi connectivity index (χ1v) is 10.7. The Hall–Kier alpha value is -1.27. The van der Waals surface area contributed by atoms with Crippen molar-refractivity contribution in [1.29, 1.82) is 0 Å². The number of ether oxygens (including phenoxy) is 1. The number of hydrogen-bond acceptors (Lipinski definition) is 3. The van der Waals surface area contributed by atoms with Crippen LogP contribution in [0.1, 0.15) is 26.3 Å². The molecule has 0 radical (unpaired) electrons. The average Bonchev–Trinajstić information content (AvgIpc) is 2.37. The maximum atomic E-state index is 10.6. The van der Waals surface area contributed by atoms with E-state index < -0.39 is 14.3 Å². The maximum Gasteiger partial charge on any atom is 0.328 e. The Morgan fingerprint density at radius 1 is 1.32 bits per heavy atom. The van der Waals surface area contributed by atoms with Crippen LogP contribution in [0, 0.1) is 0 Å². The smallest absolute Gasteiger partial charge is 0.328 e. The number of halogens is 1. The summed E-state index contributed by atoms with van der Waals surface area (Å²) >= 11 is 3.50. The van der Waals surface area contributed by atoms with Gasteiger partial charge in [-0.2, -0.15) is 0 Å². The highest BCUT2D eigenvalue weighted by molar-refractivity contribution is 9.10. The number of rotatable bonds is 5. The maximum absolute atomic E-state index is 10.6. The van der Waals surface area contributed by atoms with Crippen molar-refractivity contribution in [1.82, 2.24) is 0 Å². The van der Waals surface area contributed by atoms with Gasteiger partial charge < -0.3 is 14.3 Å². The van der Waals surface area contributed by atoms with Gasteiger partial charge in [0.15, 0.2) is 11.5 Å². The fourth-order valence-corrected chi connectivity index (χ4v) is 3.23. The Bertz CT molecular complexity index is 589. The van der Waals surface area contributed by atoms with E-state index in [-0.39, 0.29) is 5.04 Å². The van der Waals surface area contributed by atoms with Crippen LogP contribution < -0.4 is 9.16 Å². The Balaban J connectivity index is 3.24. The molecule has 0 spiro atoms. The van der Waals surface area contributed by atoms with Gasteiger partial charge in [-0.1, -0.05) is 20.8 Å². The van der Waals surface area contributed by atoms with Gasteiger partial charge in [0, 0.05) is 6.08 Å². The predicted octanol–water partition coefficient (Wildman–Crippen LogP) is 4.94. The van der Waals surface area contributed by atoms with Gasteiger partial charge in [-0.15, -0.1) is 0 Å². The third-order valence-corrected chi connectivity index (χ3v) is 8.75. The van der Waals surface area contributed by atoms with E-state index in [1.807, 2.05) is 6.07 Å². The number of benzene rings is 1. The van der Waals surface area contributed by atoms with E-state index in [4.69, 9.17) is 14.3 Å². The van der Waals surface area contributed by atoms with Crippen LogP contribution in [0.5, 0.6) is 11.5 Å². The van der Waals surface area contributed by atoms with E-state index in [0.717, 1.165) is 16.1 Å². The summed E-state index contributed by atoms with van der Waals surface area (Å²) in [4.78, 5) is 10.6. The standard InChI is InChI=1S/C16H23BrO4Si/c1-16(2,3)22(5,6)21-15-12(17)9-11(7-8-14(18)19)10-13(15)20-4/h7-10H,1-6H3,(H,18,19). The summed E-state index contributed by atoms with van der Waals surface area (Å²) < 4.78 is 12.5. The van der Waals surface area contributed by atoms with Crippen LogP contribution in [-0.4, -0.2) is 26.5 Å². The van der Waals surface area contributed by atoms with E-state index >= 15 is 0 Å². The van der Waals surface area contributed by atoms with Crippen LogP contribution in [0.15, 0.2) is 22.7 Å². The molecule has 0 aromatic heterocycles. The highest BCUT2D eigenvalue weighted by Crippen LogP contribution is 2.43. The molecular formula is C16H23BrO4Si. The molecule has 6 heteroatoms. The molecule has 0 aliphatic rings. The highest BCUT2D eigenvalue weighted by Gasteiger charge is 2.40. The summed E-state index contributed by atoms with van der Waals surface area (Å²) in [5.74, 6) is 0.266. The molecule has 0 aliphatic carbocycles. The number of methoxy groups -OCH3 is 1. The molecule has 4 nitrogen and oxygen atoms in total. The van der Waals surface area contributed by atoms with Gasteiger partial charge in [0.25, 0.3) is 8.32 Å². The topological polar surface area (TPSA) is 55.8 Å². The lowest BCUT2D eigenvalue weighted by molar-refractivity contribution is -0.131. The summed E-state index contributed by atoms with van der Waals surface area (Å²) in [6.07, 6.45) is 2.61. The molecule has 1 rings (SSSR count). The molecule has 0 fully saturated rings. The Morgan fingerprint density at radius 2 is 1.91 bits per heavy atom. The summed E-state index contributed by atoms with van der Waals surface area (Å²) in [5, 5.41) is 8.79. The molecule has 0 unspecified atom stereocenters. The van der Waals surface area contributed by atoms with Gasteiger partial charge in [-0.25, -0.2) is 4.79 Å². The monoisotopic (exact) mass is 386 g/mol. The van der Waals surface area contributed by atoms with E-state index in [9.17, 15) is 4.79 Å². The molecule has 0 heterocycles. The van der Waals surface area contributed by atoms with Crippen molar-refractivity contribution < 1.29 is 19.1 Å². The fraction of sp³-hybridized carbons (Fsp3) is 0.438. The van der Waals surface area contributed by atoms with Crippen molar-refractivity contribution in [3.8, 4) is 11.5 Å². The first kappa shape index (κ1) is 18.8. The zero-order chi connectivity index (χ0) is 17.1. The van der Waals surface area contributed by atoms with E-state index in [0.29, 0.717) is 11.5 Å². The second-order valence-electron chi connectivity index (χ2n) is 6.57. The van der Waals surface area contributed by atoms with Crippen LogP contribution in [0.25, 0.3) is 6.08 Å². The van der Waals surface area contributed by atoms with Gasteiger partial charge in [-0.3, -0.25) is 0 Å². The SMILES string of the molecule is COc1cc(C=CC(=O)O)cc(Br)c1O[Si](C)(C)C(C)(C)C. The molecule has 122 valence electrons. The zero-order valence-electron chi connectivity index (χ0n) is 13.9. The summed E-state index contributed by atoms with van der Waals surface area (Å²) in [7, 11) is -0.426. The quantitative estimate of drug-likeness (QED) is 0.574. The zero-order valence-corrected chi connectivity index (χ0v) is 16.4. The molecule has 0 saturated heterocycles. The van der Waals surface area contributed by atoms with Crippen molar-refractivity contribution >= 4 is 36.3 Å². The van der Waals surface area contributed by atoms with Gasteiger partial charge in [0.05, 0.1) is 11.6 Å². The van der Waals surface area contributed by atoms with E-state index in [1.54, 1.807) is 13.2 Å². The van der Waals surface area contributed by atoms with Crippen molar-refractivity contribution in [2.45, 2.75) is 38.9 Å². The van der Waals surface area contributed by atoms with Crippen molar-refractivity contribution in [2.75, 3.05) is 7.11 Å². The first-order valence-electron chi connectivity index (χ1n) is 6.95. The first-order chi connectivity index (χ1) is 9.98. The third-order valence-electron chi connectivity index (χ3n) is 3.83. The lowest BCUT2D eigenvalue weighted by atomic mass is 10.2. The largest absolute Gasteiger partial charge is 0.540 e. The van der Waals surface area contributed by atoms with Crippen LogP contribution in [0.2, 0.25) is 18.1 Å². The normalized spacial score (nSPS) is 12.5. The van der Waals surface area contributed by atoms with Crippen molar-refractivity contribution in [3.05, 3.63) is 28.2 Å². The molecule has 1 aromatic carbocycles. The minimum Gasteiger partial charge on any atom is -0.540 e. The lowest BCUT2D eigenvalue weighted by Crippen LogP contribution is -2.44. The second-order valence-corrected chi connectivity index (χ2v) is 12.1. The van der Waals surface area contributed by atoms with Crippen LogP contribution in [0.4, 0.5) is 0 Å². The van der Waals surface area contributed by atoms with Crippen LogP contribution >= 0.6 is 15.9 Å². The van der Waals surface area contributed by atoms with Crippen LogP contribution in [-0.2, 0) is 4.79 Å². The molecule has 0 atom stereocenters. The number of carboxylic acids is 1. The molecule has 0 saturated carbocycles. The number of hydrogen-bond donors (Lipinski definition) is 1. The Labute approximate surface area is 141 Å². The number of carbonyl (C=O) groups is 1. The molecular weight excluding hydrogens is 364 g/mol. The molecule has 0 aliphatic heterocycles. The van der Waals surface area contributed by atoms with Gasteiger partial charge in [0.2, 0.25) is 0 Å². The predicted molar refractivity (Wildman–Crippen MR) is 95.2 cm³/mol. The lowest BCUT2D eigenvalue weighted by Gasteiger charge is -2.37. The number of carboxylic acid groups (broad SMARTS) is 1. The van der Waals surface area contributed by atoms with Crippen LogP contribution in [0.3, 0.4) is 0 Å². The van der Waals surface area contributed by atoms with Gasteiger partial charge in [-0.05, 0) is 57.8 Å². The van der Waals surface area contributed by atoms with E-state index in [1.165, 1.54) is 6.08 Å². The molecule has 0 bridgehead atoms. The van der Waals surface area contributed by atoms with E-state index in [2.05, 4.69) is 49.8 Å². The molecule has 1 aromatic rings. The van der Waals surface area contributed by atoms with Gasteiger partial charge >= 0.3 is 5.97 Å². The fourth-order valence-electron chi connectivity index (χ4n) is 1.51. The summed E-state index contributed by atoms with van der Waals surface area (Å²) in [5.41, 5.74) is 0.730. The molecule has 22 heavy (non-hydrogen) atoms. The third kappa shape index (κ3) is 4.61.